The average Bonchev–Trinajstić information content (AvgIpc) is 3.09. The molecule has 2 N–H and O–H groups in total. The van der Waals surface area contributed by atoms with Crippen LogP contribution in [0.15, 0.2) is 41.1 Å². The van der Waals surface area contributed by atoms with Gasteiger partial charge in [0.15, 0.2) is 0 Å². The molecule has 0 bridgehead atoms. The third-order valence-corrected chi connectivity index (χ3v) is 4.30. The third kappa shape index (κ3) is 2.36. The number of carbonyl (C=O) groups is 1. The van der Waals surface area contributed by atoms with Crippen LogP contribution in [0.25, 0.3) is 0 Å². The van der Waals surface area contributed by atoms with E-state index in [2.05, 4.69) is 16.8 Å². The number of nitrogens with two attached hydrogens (primary N) is 1. The first-order valence-electron chi connectivity index (χ1n) is 6.44. The summed E-state index contributed by atoms with van der Waals surface area (Å²) in [6, 6.07) is 9.52. The van der Waals surface area contributed by atoms with Crippen LogP contribution in [0.2, 0.25) is 0 Å². The Morgan fingerprint density at radius 3 is 2.74 bits per heavy atom. The van der Waals surface area contributed by atoms with Crippen LogP contribution in [0.4, 0.5) is 5.69 Å². The van der Waals surface area contributed by atoms with E-state index < -0.39 is 0 Å². The van der Waals surface area contributed by atoms with E-state index in [4.69, 9.17) is 5.73 Å². The molecule has 1 aromatic heterocycles. The van der Waals surface area contributed by atoms with Gasteiger partial charge in [0.25, 0.3) is 5.91 Å². The van der Waals surface area contributed by atoms with E-state index in [1.54, 1.807) is 35.6 Å². The summed E-state index contributed by atoms with van der Waals surface area (Å²) in [6.07, 6.45) is 2.12. The molecule has 1 unspecified atom stereocenters. The molecule has 19 heavy (non-hydrogen) atoms. The van der Waals surface area contributed by atoms with Crippen molar-refractivity contribution in [1.82, 2.24) is 4.90 Å². The summed E-state index contributed by atoms with van der Waals surface area (Å²) >= 11 is 1.68. The van der Waals surface area contributed by atoms with Gasteiger partial charge < -0.3 is 10.6 Å². The van der Waals surface area contributed by atoms with E-state index in [0.29, 0.717) is 5.69 Å². The Labute approximate surface area is 116 Å². The van der Waals surface area contributed by atoms with Crippen molar-refractivity contribution in [3.05, 3.63) is 52.2 Å². The Bertz CT molecular complexity index is 562. The predicted octanol–water partition coefficient (Wildman–Crippen LogP) is 3.31. The lowest BCUT2D eigenvalue weighted by atomic mass is 10.1. The zero-order valence-corrected chi connectivity index (χ0v) is 11.4. The summed E-state index contributed by atoms with van der Waals surface area (Å²) < 4.78 is 0. The largest absolute Gasteiger partial charge is 0.399 e. The number of anilines is 1. The maximum atomic E-state index is 12.6. The van der Waals surface area contributed by atoms with Crippen LogP contribution < -0.4 is 5.73 Å². The molecule has 2 aromatic rings. The normalized spacial score (nSPS) is 18.7. The van der Waals surface area contributed by atoms with Crippen LogP contribution >= 0.6 is 11.3 Å². The van der Waals surface area contributed by atoms with Gasteiger partial charge in [-0.05, 0) is 59.5 Å². The fraction of sp³-hybridized carbons (Fsp3) is 0.267. The quantitative estimate of drug-likeness (QED) is 0.853. The van der Waals surface area contributed by atoms with Crippen molar-refractivity contribution in [1.29, 1.82) is 0 Å². The van der Waals surface area contributed by atoms with Gasteiger partial charge >= 0.3 is 0 Å². The first-order chi connectivity index (χ1) is 9.25. The molecule has 1 fully saturated rings. The van der Waals surface area contributed by atoms with Crippen molar-refractivity contribution in [2.75, 3.05) is 12.3 Å². The number of thiophene rings is 1. The molecule has 1 aromatic carbocycles. The van der Waals surface area contributed by atoms with Gasteiger partial charge in [0.2, 0.25) is 0 Å². The number of rotatable bonds is 2. The molecule has 1 aliphatic rings. The molecule has 1 atom stereocenters. The number of likely N-dealkylation sites (tertiary alicyclic amines) is 1. The lowest BCUT2D eigenvalue weighted by Crippen LogP contribution is -2.30. The number of amides is 1. The molecule has 1 aliphatic heterocycles. The molecule has 1 saturated heterocycles. The summed E-state index contributed by atoms with van der Waals surface area (Å²) in [7, 11) is 0. The topological polar surface area (TPSA) is 46.3 Å². The van der Waals surface area contributed by atoms with Crippen molar-refractivity contribution in [3.63, 3.8) is 0 Å². The van der Waals surface area contributed by atoms with E-state index in [9.17, 15) is 4.79 Å². The van der Waals surface area contributed by atoms with Gasteiger partial charge in [0.1, 0.15) is 0 Å². The Morgan fingerprint density at radius 1 is 1.26 bits per heavy atom. The van der Waals surface area contributed by atoms with Crippen LogP contribution in [-0.4, -0.2) is 17.4 Å². The molecule has 4 heteroatoms. The minimum absolute atomic E-state index is 0.105. The Balaban J connectivity index is 1.84. The maximum Gasteiger partial charge on any atom is 0.254 e. The lowest BCUT2D eigenvalue weighted by molar-refractivity contribution is 0.0736. The number of hydrogen-bond acceptors (Lipinski definition) is 3. The summed E-state index contributed by atoms with van der Waals surface area (Å²) in [6.45, 7) is 0.837. The summed E-state index contributed by atoms with van der Waals surface area (Å²) in [4.78, 5) is 14.5. The number of nitrogens with zero attached hydrogens (tertiary/aromatic N) is 1. The van der Waals surface area contributed by atoms with Crippen molar-refractivity contribution < 1.29 is 4.79 Å². The molecular weight excluding hydrogens is 256 g/mol. The highest BCUT2D eigenvalue weighted by atomic mass is 32.1. The fourth-order valence-corrected chi connectivity index (χ4v) is 3.32. The molecule has 0 aliphatic carbocycles. The van der Waals surface area contributed by atoms with Crippen molar-refractivity contribution in [2.24, 2.45) is 0 Å². The zero-order chi connectivity index (χ0) is 13.2. The molecule has 2 heterocycles. The Hall–Kier alpha value is -1.81. The summed E-state index contributed by atoms with van der Waals surface area (Å²) in [5.74, 6) is 0.105. The van der Waals surface area contributed by atoms with Gasteiger partial charge in [-0.15, -0.1) is 0 Å². The maximum absolute atomic E-state index is 12.6. The fourth-order valence-electron chi connectivity index (χ4n) is 2.61. The SMILES string of the molecule is Nc1ccc(C(=O)N2CCCC2c2ccsc2)cc1. The van der Waals surface area contributed by atoms with Crippen LogP contribution in [-0.2, 0) is 0 Å². The highest BCUT2D eigenvalue weighted by Gasteiger charge is 2.30. The van der Waals surface area contributed by atoms with E-state index in [0.717, 1.165) is 24.9 Å². The molecule has 3 nitrogen and oxygen atoms in total. The first kappa shape index (κ1) is 12.2. The van der Waals surface area contributed by atoms with E-state index in [1.807, 2.05) is 4.90 Å². The lowest BCUT2D eigenvalue weighted by Gasteiger charge is -2.24. The van der Waals surface area contributed by atoms with Crippen molar-refractivity contribution in [2.45, 2.75) is 18.9 Å². The molecular formula is C15H16N2OS. The number of hydrogen-bond donors (Lipinski definition) is 1. The minimum Gasteiger partial charge on any atom is -0.399 e. The molecule has 1 amide bonds. The average molecular weight is 272 g/mol. The molecule has 0 radical (unpaired) electrons. The summed E-state index contributed by atoms with van der Waals surface area (Å²) in [5, 5.41) is 4.21. The summed E-state index contributed by atoms with van der Waals surface area (Å²) in [5.41, 5.74) is 8.32. The third-order valence-electron chi connectivity index (χ3n) is 3.60. The second-order valence-electron chi connectivity index (χ2n) is 4.84. The highest BCUT2D eigenvalue weighted by molar-refractivity contribution is 7.07. The number of carbonyl (C=O) groups excluding carboxylic acids is 1. The first-order valence-corrected chi connectivity index (χ1v) is 7.38. The van der Waals surface area contributed by atoms with Crippen molar-refractivity contribution >= 4 is 22.9 Å². The van der Waals surface area contributed by atoms with Gasteiger partial charge in [-0.1, -0.05) is 0 Å². The van der Waals surface area contributed by atoms with E-state index >= 15 is 0 Å². The van der Waals surface area contributed by atoms with Gasteiger partial charge in [-0.25, -0.2) is 0 Å². The standard InChI is InChI=1S/C15H16N2OS/c16-13-5-3-11(4-6-13)15(18)17-8-1-2-14(17)12-7-9-19-10-12/h3-7,9-10,14H,1-2,8,16H2. The van der Waals surface area contributed by atoms with Crippen LogP contribution in [0.5, 0.6) is 0 Å². The molecule has 98 valence electrons. The van der Waals surface area contributed by atoms with E-state index in [-0.39, 0.29) is 11.9 Å². The van der Waals surface area contributed by atoms with Crippen molar-refractivity contribution in [3.8, 4) is 0 Å². The van der Waals surface area contributed by atoms with Crippen LogP contribution in [0.1, 0.15) is 34.8 Å². The van der Waals surface area contributed by atoms with Gasteiger partial charge in [-0.3, -0.25) is 4.79 Å². The Kier molecular flexibility index (Phi) is 3.25. The highest BCUT2D eigenvalue weighted by Crippen LogP contribution is 2.34. The smallest absolute Gasteiger partial charge is 0.254 e. The monoisotopic (exact) mass is 272 g/mol. The minimum atomic E-state index is 0.105. The van der Waals surface area contributed by atoms with Gasteiger partial charge in [0, 0.05) is 17.8 Å². The van der Waals surface area contributed by atoms with Gasteiger partial charge in [-0.2, -0.15) is 11.3 Å². The predicted molar refractivity (Wildman–Crippen MR) is 78.2 cm³/mol. The van der Waals surface area contributed by atoms with Crippen LogP contribution in [0.3, 0.4) is 0 Å². The van der Waals surface area contributed by atoms with Crippen LogP contribution in [0, 0.1) is 0 Å². The van der Waals surface area contributed by atoms with Gasteiger partial charge in [0.05, 0.1) is 6.04 Å². The second kappa shape index (κ2) is 5.05. The number of nitrogen functional groups attached to an aromatic ring is 1. The molecule has 3 rings (SSSR count). The zero-order valence-electron chi connectivity index (χ0n) is 10.6. The Morgan fingerprint density at radius 2 is 2.05 bits per heavy atom. The number of benzene rings is 1. The molecule has 0 saturated carbocycles. The second-order valence-corrected chi connectivity index (χ2v) is 5.62. The van der Waals surface area contributed by atoms with E-state index in [1.165, 1.54) is 5.56 Å². The molecule has 0 spiro atoms.